The second kappa shape index (κ2) is 8.60. The summed E-state index contributed by atoms with van der Waals surface area (Å²) >= 11 is 0. The molecule has 0 atom stereocenters. The van der Waals surface area contributed by atoms with Crippen LogP contribution in [0.25, 0.3) is 0 Å². The predicted octanol–water partition coefficient (Wildman–Crippen LogP) is 3.06. The highest BCUT2D eigenvalue weighted by Crippen LogP contribution is 2.23. The normalized spacial score (nSPS) is 13.8. The molecule has 148 valence electrons. The van der Waals surface area contributed by atoms with Crippen LogP contribution in [0.5, 0.6) is 5.75 Å². The monoisotopic (exact) mass is 389 g/mol. The van der Waals surface area contributed by atoms with Crippen molar-refractivity contribution in [1.29, 1.82) is 0 Å². The third-order valence-corrected chi connectivity index (χ3v) is 4.96. The van der Waals surface area contributed by atoms with Crippen LogP contribution in [0.4, 0.5) is 17.3 Å². The summed E-state index contributed by atoms with van der Waals surface area (Å²) in [5.41, 5.74) is 2.40. The lowest BCUT2D eigenvalue weighted by atomic mass is 10.1. The first-order valence-electron chi connectivity index (χ1n) is 9.56. The van der Waals surface area contributed by atoms with Crippen LogP contribution in [0.3, 0.4) is 0 Å². The first-order valence-corrected chi connectivity index (χ1v) is 9.56. The number of ether oxygens (including phenoxy) is 1. The summed E-state index contributed by atoms with van der Waals surface area (Å²) in [4.78, 5) is 25.7. The van der Waals surface area contributed by atoms with Gasteiger partial charge in [-0.1, -0.05) is 12.1 Å². The Labute approximate surface area is 170 Å². The average molecular weight is 389 g/mol. The zero-order chi connectivity index (χ0) is 20.1. The Balaban J connectivity index is 1.37. The number of para-hydroxylation sites is 1. The van der Waals surface area contributed by atoms with E-state index in [1.807, 2.05) is 42.5 Å². The lowest BCUT2D eigenvalue weighted by molar-refractivity contribution is 0.102. The molecule has 0 bridgehead atoms. The molecular formula is C22H23N5O2. The van der Waals surface area contributed by atoms with Crippen LogP contribution in [0.2, 0.25) is 0 Å². The number of anilines is 3. The van der Waals surface area contributed by atoms with E-state index in [1.165, 1.54) is 0 Å². The Morgan fingerprint density at radius 1 is 0.897 bits per heavy atom. The van der Waals surface area contributed by atoms with Crippen LogP contribution in [0.15, 0.2) is 67.0 Å². The largest absolute Gasteiger partial charge is 0.496 e. The van der Waals surface area contributed by atoms with E-state index in [9.17, 15) is 4.79 Å². The van der Waals surface area contributed by atoms with Crippen LogP contribution in [0.1, 0.15) is 10.4 Å². The quantitative estimate of drug-likeness (QED) is 0.723. The van der Waals surface area contributed by atoms with E-state index in [2.05, 4.69) is 25.1 Å². The number of amides is 1. The molecule has 3 aromatic rings. The minimum atomic E-state index is -0.188. The van der Waals surface area contributed by atoms with Gasteiger partial charge < -0.3 is 19.9 Å². The van der Waals surface area contributed by atoms with Crippen molar-refractivity contribution in [2.45, 2.75) is 0 Å². The Kier molecular flexibility index (Phi) is 5.56. The van der Waals surface area contributed by atoms with E-state index in [0.29, 0.717) is 11.3 Å². The summed E-state index contributed by atoms with van der Waals surface area (Å²) in [6.07, 6.45) is 3.54. The van der Waals surface area contributed by atoms with Gasteiger partial charge in [-0.3, -0.25) is 4.79 Å². The van der Waals surface area contributed by atoms with Gasteiger partial charge in [-0.25, -0.2) is 9.97 Å². The molecule has 29 heavy (non-hydrogen) atoms. The first-order chi connectivity index (χ1) is 14.2. The number of aromatic nitrogens is 2. The van der Waals surface area contributed by atoms with Gasteiger partial charge in [-0.15, -0.1) is 0 Å². The van der Waals surface area contributed by atoms with Crippen molar-refractivity contribution in [3.8, 4) is 5.75 Å². The molecule has 1 fully saturated rings. The Morgan fingerprint density at radius 2 is 1.55 bits per heavy atom. The fourth-order valence-electron chi connectivity index (χ4n) is 3.41. The fourth-order valence-corrected chi connectivity index (χ4v) is 3.41. The highest BCUT2D eigenvalue weighted by Gasteiger charge is 2.19. The number of rotatable bonds is 5. The number of piperazine rings is 1. The Bertz CT molecular complexity index is 954. The number of nitrogens with one attached hydrogen (secondary N) is 1. The summed E-state index contributed by atoms with van der Waals surface area (Å²) in [6, 6.07) is 16.9. The van der Waals surface area contributed by atoms with E-state index >= 15 is 0 Å². The molecule has 0 aliphatic carbocycles. The maximum Gasteiger partial charge on any atom is 0.259 e. The van der Waals surface area contributed by atoms with Crippen molar-refractivity contribution < 1.29 is 9.53 Å². The average Bonchev–Trinajstić information content (AvgIpc) is 2.80. The van der Waals surface area contributed by atoms with E-state index in [1.54, 1.807) is 31.6 Å². The molecule has 0 radical (unpaired) electrons. The zero-order valence-electron chi connectivity index (χ0n) is 16.3. The number of methoxy groups -OCH3 is 1. The van der Waals surface area contributed by atoms with Crippen molar-refractivity contribution in [2.75, 3.05) is 48.4 Å². The predicted molar refractivity (Wildman–Crippen MR) is 114 cm³/mol. The molecule has 0 saturated carbocycles. The maximum absolute atomic E-state index is 12.5. The van der Waals surface area contributed by atoms with Crippen molar-refractivity contribution in [2.24, 2.45) is 0 Å². The van der Waals surface area contributed by atoms with Crippen molar-refractivity contribution >= 4 is 23.2 Å². The van der Waals surface area contributed by atoms with Crippen LogP contribution in [-0.4, -0.2) is 49.2 Å². The van der Waals surface area contributed by atoms with E-state index in [0.717, 1.165) is 43.5 Å². The molecule has 2 aromatic carbocycles. The van der Waals surface area contributed by atoms with Crippen molar-refractivity contribution in [3.63, 3.8) is 0 Å². The van der Waals surface area contributed by atoms with E-state index in [4.69, 9.17) is 4.74 Å². The molecule has 1 saturated heterocycles. The van der Waals surface area contributed by atoms with Gasteiger partial charge in [-0.2, -0.15) is 0 Å². The van der Waals surface area contributed by atoms with Crippen LogP contribution >= 0.6 is 0 Å². The van der Waals surface area contributed by atoms with Crippen molar-refractivity contribution in [3.05, 3.63) is 72.6 Å². The molecule has 0 unspecified atom stereocenters. The number of hydrogen-bond acceptors (Lipinski definition) is 6. The Morgan fingerprint density at radius 3 is 2.24 bits per heavy atom. The molecule has 1 aliphatic heterocycles. The standard InChI is InChI=1S/C22H23N5O2/c1-29-20-6-3-2-5-19(20)21(28)25-17-7-9-18(10-8-17)26-13-15-27(16-14-26)22-23-11-4-12-24-22/h2-12H,13-16H2,1H3,(H,25,28). The summed E-state index contributed by atoms with van der Waals surface area (Å²) in [6.45, 7) is 3.53. The molecule has 1 N–H and O–H groups in total. The van der Waals surface area contributed by atoms with Gasteiger partial charge in [0.1, 0.15) is 5.75 Å². The fraction of sp³-hybridized carbons (Fsp3) is 0.227. The van der Waals surface area contributed by atoms with Crippen LogP contribution in [-0.2, 0) is 0 Å². The molecule has 2 heterocycles. The number of carbonyl (C=O) groups is 1. The summed E-state index contributed by atoms with van der Waals surface area (Å²) in [7, 11) is 1.56. The van der Waals surface area contributed by atoms with Crippen LogP contribution in [0, 0.1) is 0 Å². The minimum Gasteiger partial charge on any atom is -0.496 e. The lowest BCUT2D eigenvalue weighted by Gasteiger charge is -2.36. The maximum atomic E-state index is 12.5. The SMILES string of the molecule is COc1ccccc1C(=O)Nc1ccc(N2CCN(c3ncccn3)CC2)cc1. The molecule has 0 spiro atoms. The van der Waals surface area contributed by atoms with Gasteiger partial charge in [0.25, 0.3) is 5.91 Å². The van der Waals surface area contributed by atoms with Crippen LogP contribution < -0.4 is 19.9 Å². The van der Waals surface area contributed by atoms with Gasteiger partial charge in [-0.05, 0) is 42.5 Å². The molecule has 1 amide bonds. The third kappa shape index (κ3) is 4.29. The second-order valence-corrected chi connectivity index (χ2v) is 6.72. The highest BCUT2D eigenvalue weighted by molar-refractivity contribution is 6.06. The summed E-state index contributed by atoms with van der Waals surface area (Å²) < 4.78 is 5.26. The number of benzene rings is 2. The van der Waals surface area contributed by atoms with E-state index < -0.39 is 0 Å². The van der Waals surface area contributed by atoms with Gasteiger partial charge in [0, 0.05) is 49.9 Å². The molecular weight excluding hydrogens is 366 g/mol. The molecule has 7 heteroatoms. The molecule has 1 aliphatic rings. The number of nitrogens with zero attached hydrogens (tertiary/aromatic N) is 4. The topological polar surface area (TPSA) is 70.6 Å². The van der Waals surface area contributed by atoms with Gasteiger partial charge in [0.2, 0.25) is 5.95 Å². The number of hydrogen-bond donors (Lipinski definition) is 1. The third-order valence-electron chi connectivity index (χ3n) is 4.96. The van der Waals surface area contributed by atoms with Gasteiger partial charge in [0.05, 0.1) is 12.7 Å². The lowest BCUT2D eigenvalue weighted by Crippen LogP contribution is -2.47. The summed E-state index contributed by atoms with van der Waals surface area (Å²) in [5.74, 6) is 1.15. The van der Waals surface area contributed by atoms with E-state index in [-0.39, 0.29) is 5.91 Å². The second-order valence-electron chi connectivity index (χ2n) is 6.72. The minimum absolute atomic E-state index is 0.188. The number of carbonyl (C=O) groups excluding carboxylic acids is 1. The summed E-state index contributed by atoms with van der Waals surface area (Å²) in [5, 5.41) is 2.93. The Hall–Kier alpha value is -3.61. The molecule has 7 nitrogen and oxygen atoms in total. The van der Waals surface area contributed by atoms with Gasteiger partial charge >= 0.3 is 0 Å². The van der Waals surface area contributed by atoms with Gasteiger partial charge in [0.15, 0.2) is 0 Å². The smallest absolute Gasteiger partial charge is 0.259 e. The zero-order valence-corrected chi connectivity index (χ0v) is 16.3. The molecule has 1 aromatic heterocycles. The molecule has 4 rings (SSSR count). The first kappa shape index (κ1) is 18.7. The van der Waals surface area contributed by atoms with Crippen molar-refractivity contribution in [1.82, 2.24) is 9.97 Å². The highest BCUT2D eigenvalue weighted by atomic mass is 16.5.